The second-order valence-electron chi connectivity index (χ2n) is 12.8. The van der Waals surface area contributed by atoms with Crippen molar-refractivity contribution < 1.29 is 28.6 Å². The van der Waals surface area contributed by atoms with Crippen molar-refractivity contribution in [2.24, 2.45) is 0 Å². The molecule has 0 aromatic heterocycles. The van der Waals surface area contributed by atoms with E-state index in [2.05, 4.69) is 69.4 Å². The normalized spacial score (nSPS) is 12.6. The number of carbonyl (C=O) groups excluding carboxylic acids is 3. The summed E-state index contributed by atoms with van der Waals surface area (Å²) >= 11 is 0. The van der Waals surface area contributed by atoms with Crippen molar-refractivity contribution in [1.82, 2.24) is 0 Å². The topological polar surface area (TPSA) is 78.9 Å². The summed E-state index contributed by atoms with van der Waals surface area (Å²) in [5.74, 6) is -1.07. The predicted molar refractivity (Wildman–Crippen MR) is 205 cm³/mol. The lowest BCUT2D eigenvalue weighted by atomic mass is 10.1. The van der Waals surface area contributed by atoms with Crippen LogP contribution in [0, 0.1) is 0 Å². The fourth-order valence-electron chi connectivity index (χ4n) is 4.99. The van der Waals surface area contributed by atoms with Crippen molar-refractivity contribution >= 4 is 17.9 Å². The standard InChI is InChI=1S/C43H72O6/c1-4-7-10-13-16-19-21-24-27-30-33-36-42(45)48-39-40(38-47-41(44)35-32-29-26-23-18-15-12-9-6-3)49-43(46)37-34-31-28-25-22-20-17-14-11-8-5-2/h9,12-14,16-18,23,29,32,40H,4-8,10-11,15,19-22,24-28,30-31,33-39H2,1-3H3/b12-9-,16-13-,17-14-,23-18-,32-29-. The number of ether oxygens (including phenoxy) is 3. The molecule has 6 nitrogen and oxygen atoms in total. The molecule has 0 saturated heterocycles. The summed E-state index contributed by atoms with van der Waals surface area (Å²) in [6, 6.07) is 0. The summed E-state index contributed by atoms with van der Waals surface area (Å²) in [4.78, 5) is 37.4. The number of hydrogen-bond donors (Lipinski definition) is 0. The molecule has 0 rings (SSSR count). The zero-order chi connectivity index (χ0) is 35.9. The van der Waals surface area contributed by atoms with E-state index in [4.69, 9.17) is 14.2 Å². The van der Waals surface area contributed by atoms with Crippen LogP contribution in [0.5, 0.6) is 0 Å². The Bertz CT molecular complexity index is 929. The molecule has 0 spiro atoms. The Hall–Kier alpha value is -2.89. The molecule has 0 heterocycles. The third kappa shape index (κ3) is 36.2. The quantitative estimate of drug-likeness (QED) is 0.0290. The second kappa shape index (κ2) is 37.9. The van der Waals surface area contributed by atoms with Gasteiger partial charge in [0.15, 0.2) is 6.10 Å². The molecule has 0 N–H and O–H groups in total. The number of carbonyl (C=O) groups is 3. The van der Waals surface area contributed by atoms with Crippen LogP contribution in [0.4, 0.5) is 0 Å². The molecule has 0 aromatic carbocycles. The smallest absolute Gasteiger partial charge is 0.309 e. The van der Waals surface area contributed by atoms with Crippen LogP contribution >= 0.6 is 0 Å². The summed E-state index contributed by atoms with van der Waals surface area (Å²) in [6.07, 6.45) is 43.8. The molecule has 0 saturated carbocycles. The second-order valence-corrected chi connectivity index (χ2v) is 12.8. The summed E-state index contributed by atoms with van der Waals surface area (Å²) < 4.78 is 16.5. The predicted octanol–water partition coefficient (Wildman–Crippen LogP) is 12.2. The minimum atomic E-state index is -0.812. The Morgan fingerprint density at radius 3 is 1.41 bits per heavy atom. The molecule has 0 fully saturated rings. The van der Waals surface area contributed by atoms with E-state index in [9.17, 15) is 14.4 Å². The minimum Gasteiger partial charge on any atom is -0.462 e. The van der Waals surface area contributed by atoms with Gasteiger partial charge in [-0.1, -0.05) is 146 Å². The average molecular weight is 685 g/mol. The Morgan fingerprint density at radius 2 is 0.878 bits per heavy atom. The van der Waals surface area contributed by atoms with E-state index in [0.29, 0.717) is 12.8 Å². The molecule has 49 heavy (non-hydrogen) atoms. The Labute approximate surface area is 300 Å². The summed E-state index contributed by atoms with van der Waals surface area (Å²) in [5, 5.41) is 0. The maximum Gasteiger partial charge on any atom is 0.309 e. The molecule has 1 atom stereocenters. The first-order chi connectivity index (χ1) is 24.0. The lowest BCUT2D eigenvalue weighted by Gasteiger charge is -2.18. The third-order valence-electron chi connectivity index (χ3n) is 8.01. The van der Waals surface area contributed by atoms with E-state index >= 15 is 0 Å². The summed E-state index contributed by atoms with van der Waals surface area (Å²) in [7, 11) is 0. The van der Waals surface area contributed by atoms with Gasteiger partial charge in [0.2, 0.25) is 0 Å². The number of hydrogen-bond acceptors (Lipinski definition) is 6. The lowest BCUT2D eigenvalue weighted by Crippen LogP contribution is -2.30. The third-order valence-corrected chi connectivity index (χ3v) is 8.01. The van der Waals surface area contributed by atoms with Gasteiger partial charge in [-0.25, -0.2) is 0 Å². The molecule has 0 amide bonds. The number of esters is 3. The highest BCUT2D eigenvalue weighted by molar-refractivity contribution is 5.72. The van der Waals surface area contributed by atoms with Crippen LogP contribution in [0.3, 0.4) is 0 Å². The number of rotatable bonds is 34. The highest BCUT2D eigenvalue weighted by atomic mass is 16.6. The van der Waals surface area contributed by atoms with Crippen molar-refractivity contribution in [2.75, 3.05) is 13.2 Å². The van der Waals surface area contributed by atoms with Gasteiger partial charge in [-0.3, -0.25) is 14.4 Å². The highest BCUT2D eigenvalue weighted by Gasteiger charge is 2.19. The van der Waals surface area contributed by atoms with Gasteiger partial charge in [0.05, 0.1) is 6.42 Å². The van der Waals surface area contributed by atoms with Gasteiger partial charge in [-0.15, -0.1) is 0 Å². The molecule has 280 valence electrons. The molecular formula is C43H72O6. The first-order valence-electron chi connectivity index (χ1n) is 19.8. The van der Waals surface area contributed by atoms with Crippen LogP contribution in [-0.2, 0) is 28.6 Å². The lowest BCUT2D eigenvalue weighted by molar-refractivity contribution is -0.166. The van der Waals surface area contributed by atoms with Crippen LogP contribution in [0.1, 0.15) is 175 Å². The zero-order valence-corrected chi connectivity index (χ0v) is 31.7. The fraction of sp³-hybridized carbons (Fsp3) is 0.698. The van der Waals surface area contributed by atoms with Crippen LogP contribution in [0.25, 0.3) is 0 Å². The molecule has 1 unspecified atom stereocenters. The first kappa shape index (κ1) is 46.1. The molecule has 0 aliphatic rings. The van der Waals surface area contributed by atoms with Crippen LogP contribution < -0.4 is 0 Å². The fourth-order valence-corrected chi connectivity index (χ4v) is 4.99. The van der Waals surface area contributed by atoms with Gasteiger partial charge in [0, 0.05) is 12.8 Å². The maximum absolute atomic E-state index is 12.6. The van der Waals surface area contributed by atoms with Gasteiger partial charge >= 0.3 is 17.9 Å². The minimum absolute atomic E-state index is 0.110. The van der Waals surface area contributed by atoms with Crippen molar-refractivity contribution in [2.45, 2.75) is 181 Å². The Morgan fingerprint density at radius 1 is 0.449 bits per heavy atom. The van der Waals surface area contributed by atoms with Gasteiger partial charge in [0.25, 0.3) is 0 Å². The molecular weight excluding hydrogens is 612 g/mol. The van der Waals surface area contributed by atoms with Gasteiger partial charge < -0.3 is 14.2 Å². The van der Waals surface area contributed by atoms with Gasteiger partial charge in [0.1, 0.15) is 13.2 Å². The molecule has 0 aromatic rings. The van der Waals surface area contributed by atoms with Gasteiger partial charge in [-0.05, 0) is 70.6 Å². The first-order valence-corrected chi connectivity index (χ1v) is 19.8. The molecule has 0 radical (unpaired) electrons. The summed E-state index contributed by atoms with van der Waals surface area (Å²) in [6.45, 7) is 6.29. The number of allylic oxidation sites excluding steroid dienone is 9. The van der Waals surface area contributed by atoms with Crippen molar-refractivity contribution in [3.05, 3.63) is 60.8 Å². The molecule has 0 aliphatic heterocycles. The summed E-state index contributed by atoms with van der Waals surface area (Å²) in [5.41, 5.74) is 0. The maximum atomic E-state index is 12.6. The van der Waals surface area contributed by atoms with E-state index in [-0.39, 0.29) is 31.6 Å². The van der Waals surface area contributed by atoms with E-state index in [1.165, 1.54) is 51.4 Å². The SMILES string of the molecule is CC/C=C\C/C=C\C/C=C\CC(=O)OCC(COC(=O)CCCCCCC/C=C\CCCC)OC(=O)CCCCCCC/C=C\CCCC. The largest absolute Gasteiger partial charge is 0.462 e. The van der Waals surface area contributed by atoms with Crippen molar-refractivity contribution in [3.63, 3.8) is 0 Å². The van der Waals surface area contributed by atoms with E-state index in [0.717, 1.165) is 83.5 Å². The van der Waals surface area contributed by atoms with Crippen molar-refractivity contribution in [1.29, 1.82) is 0 Å². The average Bonchev–Trinajstić information content (AvgIpc) is 3.10. The molecule has 0 bridgehead atoms. The highest BCUT2D eigenvalue weighted by Crippen LogP contribution is 2.12. The number of unbranched alkanes of at least 4 members (excludes halogenated alkanes) is 14. The van der Waals surface area contributed by atoms with Crippen LogP contribution in [0.15, 0.2) is 60.8 Å². The molecule has 0 aliphatic carbocycles. The zero-order valence-electron chi connectivity index (χ0n) is 31.7. The van der Waals surface area contributed by atoms with Crippen LogP contribution in [-0.4, -0.2) is 37.2 Å². The van der Waals surface area contributed by atoms with Crippen molar-refractivity contribution in [3.8, 4) is 0 Å². The Kier molecular flexibility index (Phi) is 35.7. The van der Waals surface area contributed by atoms with E-state index < -0.39 is 12.1 Å². The monoisotopic (exact) mass is 685 g/mol. The van der Waals surface area contributed by atoms with Gasteiger partial charge in [-0.2, -0.15) is 0 Å². The van der Waals surface area contributed by atoms with Crippen LogP contribution in [0.2, 0.25) is 0 Å². The molecule has 6 heteroatoms. The Balaban J connectivity index is 4.50. The van der Waals surface area contributed by atoms with E-state index in [1.807, 2.05) is 6.08 Å². The van der Waals surface area contributed by atoms with E-state index in [1.54, 1.807) is 6.08 Å².